The second kappa shape index (κ2) is 36.0. The molecule has 0 unspecified atom stereocenters. The third-order valence-corrected chi connectivity index (χ3v) is 16.1. The van der Waals surface area contributed by atoms with Crippen molar-refractivity contribution in [2.24, 2.45) is 29.0 Å². The van der Waals surface area contributed by atoms with Gasteiger partial charge in [-0.25, -0.2) is 0 Å². The number of hydrogen-bond donors (Lipinski definition) is 13. The first-order valence-electron chi connectivity index (χ1n) is 31.7. The van der Waals surface area contributed by atoms with Gasteiger partial charge in [-0.3, -0.25) is 52.7 Å². The standard InChI is InChI=1S/C67H91N13O12/c1-40(2)35-50-61(86)78-54(39-44-21-12-7-13-22-44)67(92)80-34-16-25-55(80)65(90)77-52(37-43-19-10-6-11-20-43)63(88)76-51(36-42-17-8-5-9-18-42)62(87)71-47(23-14-32-68)58(83)72-49(30-31-56(70)82)60(85)75-53(38-45-26-28-46(81)29-27-45)64(89)79-57(41(3)4)66(91)73-48(24-15-33-69)59(84)74-50/h5-13,17-22,26-29,40-41,47-55,57,81H,14-16,23-25,30-39,68-69H2,1-4H3,(H2,70,82)(H,71,87)(H,72,83)(H,73,91)(H,74,84)(H,75,85)(H,76,88)(H,77,90)(H,78,86)(H,79,89)/t47-,48-,49-,50-,51+,52-,53-,54+,55-,57-/m0/s1. The molecule has 0 spiro atoms. The fourth-order valence-corrected chi connectivity index (χ4v) is 11.1. The Hall–Kier alpha value is -9.23. The molecule has 0 saturated carbocycles. The van der Waals surface area contributed by atoms with Crippen LogP contribution in [0.1, 0.15) is 108 Å². The van der Waals surface area contributed by atoms with Crippen LogP contribution in [0.15, 0.2) is 115 Å². The number of primary amides is 1. The van der Waals surface area contributed by atoms with Crippen LogP contribution in [0.3, 0.4) is 0 Å². The lowest BCUT2D eigenvalue weighted by atomic mass is 9.98. The van der Waals surface area contributed by atoms with Gasteiger partial charge in [-0.1, -0.05) is 131 Å². The van der Waals surface area contributed by atoms with Gasteiger partial charge in [0.05, 0.1) is 0 Å². The summed E-state index contributed by atoms with van der Waals surface area (Å²) in [6.07, 6.45) is -0.302. The van der Waals surface area contributed by atoms with Crippen LogP contribution in [0.4, 0.5) is 0 Å². The highest BCUT2D eigenvalue weighted by Gasteiger charge is 2.42. The normalized spacial score (nSPS) is 24.0. The summed E-state index contributed by atoms with van der Waals surface area (Å²) < 4.78 is 0. The number of aromatic hydroxyl groups is 1. The Morgan fingerprint density at radius 1 is 0.457 bits per heavy atom. The van der Waals surface area contributed by atoms with Crippen LogP contribution in [0.25, 0.3) is 0 Å². The molecule has 0 radical (unpaired) electrons. The van der Waals surface area contributed by atoms with Crippen LogP contribution in [0, 0.1) is 11.8 Å². The molecule has 2 saturated heterocycles. The minimum absolute atomic E-state index is 0.00672. The molecular weight excluding hydrogens is 1180 g/mol. The van der Waals surface area contributed by atoms with Gasteiger partial charge in [0.2, 0.25) is 65.0 Å². The van der Waals surface area contributed by atoms with Crippen molar-refractivity contribution in [3.05, 3.63) is 138 Å². The van der Waals surface area contributed by atoms with Gasteiger partial charge in [0, 0.05) is 38.6 Å². The van der Waals surface area contributed by atoms with Crippen molar-refractivity contribution in [3.63, 3.8) is 0 Å². The average molecular weight is 1270 g/mol. The number of hydrogen-bond acceptors (Lipinski definition) is 14. The first kappa shape index (κ1) is 71.8. The summed E-state index contributed by atoms with van der Waals surface area (Å²) in [6, 6.07) is 18.5. The van der Waals surface area contributed by atoms with E-state index in [0.717, 1.165) is 0 Å². The van der Waals surface area contributed by atoms with Crippen molar-refractivity contribution in [2.45, 2.75) is 172 Å². The lowest BCUT2D eigenvalue weighted by Crippen LogP contribution is -2.62. The van der Waals surface area contributed by atoms with Crippen LogP contribution in [-0.2, 0) is 78.4 Å². The van der Waals surface area contributed by atoms with E-state index >= 15 is 4.79 Å². The molecule has 92 heavy (non-hydrogen) atoms. The molecule has 2 aliphatic heterocycles. The van der Waals surface area contributed by atoms with Crippen molar-refractivity contribution < 1.29 is 57.8 Å². The van der Waals surface area contributed by atoms with Gasteiger partial charge in [-0.05, 0) is 111 Å². The van der Waals surface area contributed by atoms with Gasteiger partial charge in [0.1, 0.15) is 66.2 Å². The average Bonchev–Trinajstić information content (AvgIpc) is 1.74. The number of carbonyl (C=O) groups excluding carboxylic acids is 11. The number of phenols is 1. The number of carbonyl (C=O) groups is 11. The zero-order valence-electron chi connectivity index (χ0n) is 52.8. The second-order valence-corrected chi connectivity index (χ2v) is 24.3. The van der Waals surface area contributed by atoms with Crippen LogP contribution in [0.2, 0.25) is 0 Å². The number of nitrogens with zero attached hydrogens (tertiary/aromatic N) is 1. The van der Waals surface area contributed by atoms with Crippen LogP contribution < -0.4 is 65.1 Å². The van der Waals surface area contributed by atoms with E-state index in [-0.39, 0.29) is 102 Å². The molecule has 11 amide bonds. The smallest absolute Gasteiger partial charge is 0.246 e. The lowest BCUT2D eigenvalue weighted by molar-refractivity contribution is -0.142. The van der Waals surface area contributed by atoms with E-state index < -0.39 is 138 Å². The Labute approximate surface area is 537 Å². The Morgan fingerprint density at radius 3 is 1.25 bits per heavy atom. The molecule has 496 valence electrons. The number of benzene rings is 4. The number of fused-ring (bicyclic) bond motifs is 1. The largest absolute Gasteiger partial charge is 0.508 e. The van der Waals surface area contributed by atoms with Gasteiger partial charge in [-0.15, -0.1) is 0 Å². The molecule has 0 aromatic heterocycles. The second-order valence-electron chi connectivity index (χ2n) is 24.3. The molecule has 25 nitrogen and oxygen atoms in total. The maximum absolute atomic E-state index is 15.1. The quantitative estimate of drug-likeness (QED) is 0.0573. The first-order valence-corrected chi connectivity index (χ1v) is 31.7. The Kier molecular flexibility index (Phi) is 28.1. The zero-order valence-corrected chi connectivity index (χ0v) is 52.8. The zero-order chi connectivity index (χ0) is 66.9. The molecule has 6 rings (SSSR count). The SMILES string of the molecule is CC(C)C[C@@H]1NC(=O)[C@H](CCCN)NC(=O)[C@H](C(C)C)NC(=O)[C@H](Cc2ccc(O)cc2)NC(=O)[C@H](CCC(N)=O)NC(=O)[C@H](CCCN)NC(=O)[C@@H](Cc2ccccc2)NC(=O)[C@H](Cc2ccccc2)NC(=O)[C@@H]2CCCN2C(=O)[C@@H](Cc2ccccc2)NC1=O. The molecule has 4 aromatic rings. The number of nitrogens with two attached hydrogens (primary N) is 3. The number of phenolic OH excluding ortho intramolecular Hbond substituents is 1. The third kappa shape index (κ3) is 22.3. The number of amides is 11. The van der Waals surface area contributed by atoms with E-state index in [9.17, 15) is 53.1 Å². The summed E-state index contributed by atoms with van der Waals surface area (Å²) in [5, 5.41) is 35.1. The minimum atomic E-state index is -1.58. The van der Waals surface area contributed by atoms with E-state index in [1.807, 2.05) is 13.8 Å². The molecule has 10 atom stereocenters. The number of rotatable bonds is 20. The fourth-order valence-electron chi connectivity index (χ4n) is 11.1. The minimum Gasteiger partial charge on any atom is -0.508 e. The molecule has 2 heterocycles. The lowest BCUT2D eigenvalue weighted by Gasteiger charge is -2.32. The monoisotopic (exact) mass is 1270 g/mol. The van der Waals surface area contributed by atoms with Crippen molar-refractivity contribution in [3.8, 4) is 5.75 Å². The van der Waals surface area contributed by atoms with E-state index in [4.69, 9.17) is 17.2 Å². The third-order valence-electron chi connectivity index (χ3n) is 16.1. The van der Waals surface area contributed by atoms with Crippen LogP contribution in [-0.4, -0.2) is 155 Å². The maximum atomic E-state index is 15.1. The molecule has 2 aliphatic rings. The summed E-state index contributed by atoms with van der Waals surface area (Å²) in [5.41, 5.74) is 19.8. The van der Waals surface area contributed by atoms with Crippen molar-refractivity contribution >= 4 is 65.0 Å². The highest BCUT2D eigenvalue weighted by atomic mass is 16.3. The van der Waals surface area contributed by atoms with E-state index in [1.165, 1.54) is 29.2 Å². The van der Waals surface area contributed by atoms with Gasteiger partial charge in [0.15, 0.2) is 0 Å². The highest BCUT2D eigenvalue weighted by Crippen LogP contribution is 2.22. The topological polar surface area (TPSA) is 398 Å². The van der Waals surface area contributed by atoms with E-state index in [1.54, 1.807) is 105 Å². The molecular formula is C67H91N13O12. The highest BCUT2D eigenvalue weighted by molar-refractivity contribution is 6.00. The van der Waals surface area contributed by atoms with E-state index in [0.29, 0.717) is 28.7 Å². The first-order chi connectivity index (χ1) is 44.0. The summed E-state index contributed by atoms with van der Waals surface area (Å²) in [4.78, 5) is 162. The summed E-state index contributed by atoms with van der Waals surface area (Å²) in [7, 11) is 0. The Morgan fingerprint density at radius 2 is 0.815 bits per heavy atom. The fraction of sp³-hybridized carbons (Fsp3) is 0.478. The van der Waals surface area contributed by atoms with Crippen LogP contribution in [0.5, 0.6) is 5.75 Å². The van der Waals surface area contributed by atoms with Gasteiger partial charge in [0.25, 0.3) is 0 Å². The predicted molar refractivity (Wildman–Crippen MR) is 344 cm³/mol. The van der Waals surface area contributed by atoms with Crippen LogP contribution >= 0.6 is 0 Å². The van der Waals surface area contributed by atoms with Crippen molar-refractivity contribution in [1.82, 2.24) is 52.8 Å². The van der Waals surface area contributed by atoms with Crippen molar-refractivity contribution in [1.29, 1.82) is 0 Å². The molecule has 25 heteroatoms. The van der Waals surface area contributed by atoms with Gasteiger partial charge >= 0.3 is 0 Å². The maximum Gasteiger partial charge on any atom is 0.246 e. The Balaban J connectivity index is 1.46. The Bertz CT molecular complexity index is 3140. The molecule has 4 aromatic carbocycles. The predicted octanol–water partition coefficient (Wildman–Crippen LogP) is 0.476. The van der Waals surface area contributed by atoms with Crippen molar-refractivity contribution in [2.75, 3.05) is 19.6 Å². The molecule has 16 N–H and O–H groups in total. The molecule has 0 bridgehead atoms. The summed E-state index contributed by atoms with van der Waals surface area (Å²) >= 11 is 0. The number of nitrogens with one attached hydrogen (secondary N) is 9. The van der Waals surface area contributed by atoms with Gasteiger partial charge in [-0.2, -0.15) is 0 Å². The summed E-state index contributed by atoms with van der Waals surface area (Å²) in [6.45, 7) is 7.23. The molecule has 0 aliphatic carbocycles. The molecule has 2 fully saturated rings. The summed E-state index contributed by atoms with van der Waals surface area (Å²) in [5.74, 6) is -9.77. The van der Waals surface area contributed by atoms with E-state index in [2.05, 4.69) is 47.9 Å². The van der Waals surface area contributed by atoms with Gasteiger partial charge < -0.3 is 75.1 Å².